The predicted molar refractivity (Wildman–Crippen MR) is 154 cm³/mol. The van der Waals surface area contributed by atoms with E-state index in [9.17, 15) is 0 Å². The lowest BCUT2D eigenvalue weighted by Crippen LogP contribution is -2.03. The quantitative estimate of drug-likeness (QED) is 0.239. The summed E-state index contributed by atoms with van der Waals surface area (Å²) in [5.41, 5.74) is 8.10. The molecule has 0 saturated carbocycles. The van der Waals surface area contributed by atoms with Crippen molar-refractivity contribution in [2.75, 3.05) is 0 Å². The zero-order chi connectivity index (χ0) is 24.8. The second kappa shape index (κ2) is 8.72. The van der Waals surface area contributed by atoms with Crippen LogP contribution in [0.4, 0.5) is 0 Å². The van der Waals surface area contributed by atoms with Crippen LogP contribution in [0.1, 0.15) is 12.7 Å². The van der Waals surface area contributed by atoms with Gasteiger partial charge in [0.05, 0.1) is 16.7 Å². The van der Waals surface area contributed by atoms with E-state index in [0.29, 0.717) is 0 Å². The molecule has 3 nitrogen and oxygen atoms in total. The summed E-state index contributed by atoms with van der Waals surface area (Å²) in [6, 6.07) is 38.9. The first kappa shape index (κ1) is 21.5. The standard InChI is InChI=1S/C34H25N3/c1-2-32-36-30-18-7-8-19-31(30)37(32)34-28-16-5-3-14-26(28)33(27-15-4-6-17-29(27)34)24-12-9-11-23(21-24)25-13-10-20-35-22-25/h3-22H,2H2,1H3. The maximum atomic E-state index is 5.00. The second-order valence-corrected chi connectivity index (χ2v) is 9.34. The van der Waals surface area contributed by atoms with Crippen molar-refractivity contribution in [1.29, 1.82) is 0 Å². The first-order chi connectivity index (χ1) is 18.3. The van der Waals surface area contributed by atoms with Crippen molar-refractivity contribution in [3.05, 3.63) is 127 Å². The summed E-state index contributed by atoms with van der Waals surface area (Å²) in [4.78, 5) is 9.34. The number of hydrogen-bond acceptors (Lipinski definition) is 2. The molecule has 0 N–H and O–H groups in total. The fourth-order valence-electron chi connectivity index (χ4n) is 5.61. The van der Waals surface area contributed by atoms with Gasteiger partial charge < -0.3 is 0 Å². The van der Waals surface area contributed by atoms with E-state index < -0.39 is 0 Å². The Morgan fingerprint density at radius 2 is 1.27 bits per heavy atom. The fourth-order valence-corrected chi connectivity index (χ4v) is 5.61. The van der Waals surface area contributed by atoms with Gasteiger partial charge in [0.1, 0.15) is 5.82 Å². The van der Waals surface area contributed by atoms with Gasteiger partial charge in [-0.05, 0) is 51.7 Å². The Kier molecular flexibility index (Phi) is 5.07. The molecule has 2 aromatic heterocycles. The van der Waals surface area contributed by atoms with E-state index in [2.05, 4.69) is 120 Å². The highest BCUT2D eigenvalue weighted by Gasteiger charge is 2.20. The van der Waals surface area contributed by atoms with Crippen LogP contribution in [0.5, 0.6) is 0 Å². The lowest BCUT2D eigenvalue weighted by atomic mass is 9.89. The van der Waals surface area contributed by atoms with Crippen molar-refractivity contribution < 1.29 is 0 Å². The minimum Gasteiger partial charge on any atom is -0.295 e. The average molecular weight is 476 g/mol. The van der Waals surface area contributed by atoms with E-state index in [4.69, 9.17) is 4.98 Å². The molecule has 37 heavy (non-hydrogen) atoms. The van der Waals surface area contributed by atoms with Crippen LogP contribution in [0.15, 0.2) is 122 Å². The summed E-state index contributed by atoms with van der Waals surface area (Å²) >= 11 is 0. The van der Waals surface area contributed by atoms with Crippen LogP contribution in [-0.4, -0.2) is 14.5 Å². The molecule has 7 rings (SSSR count). The van der Waals surface area contributed by atoms with Crippen LogP contribution in [0.2, 0.25) is 0 Å². The van der Waals surface area contributed by atoms with Crippen molar-refractivity contribution >= 4 is 32.6 Å². The lowest BCUT2D eigenvalue weighted by molar-refractivity contribution is 0.917. The highest BCUT2D eigenvalue weighted by molar-refractivity contribution is 6.18. The number of aromatic nitrogens is 3. The third-order valence-electron chi connectivity index (χ3n) is 7.22. The Hall–Kier alpha value is -4.76. The molecule has 0 aliphatic rings. The van der Waals surface area contributed by atoms with Crippen molar-refractivity contribution in [3.63, 3.8) is 0 Å². The highest BCUT2D eigenvalue weighted by atomic mass is 15.1. The van der Waals surface area contributed by atoms with Gasteiger partial charge in [0, 0.05) is 35.2 Å². The van der Waals surface area contributed by atoms with Gasteiger partial charge in [-0.2, -0.15) is 0 Å². The van der Waals surface area contributed by atoms with E-state index >= 15 is 0 Å². The minimum absolute atomic E-state index is 0.853. The fraction of sp³-hybridized carbons (Fsp3) is 0.0588. The molecule has 0 bridgehead atoms. The molecule has 0 atom stereocenters. The minimum atomic E-state index is 0.853. The number of benzene rings is 5. The Balaban J connectivity index is 1.60. The van der Waals surface area contributed by atoms with Gasteiger partial charge in [-0.3, -0.25) is 9.55 Å². The number of nitrogens with zero attached hydrogens (tertiary/aromatic N) is 3. The zero-order valence-corrected chi connectivity index (χ0v) is 20.6. The normalized spacial score (nSPS) is 11.5. The van der Waals surface area contributed by atoms with E-state index in [1.165, 1.54) is 38.4 Å². The second-order valence-electron chi connectivity index (χ2n) is 9.34. The van der Waals surface area contributed by atoms with Gasteiger partial charge in [0.25, 0.3) is 0 Å². The number of rotatable bonds is 4. The summed E-state index contributed by atoms with van der Waals surface area (Å²) < 4.78 is 2.37. The zero-order valence-electron chi connectivity index (χ0n) is 20.6. The molecule has 3 heteroatoms. The number of para-hydroxylation sites is 2. The van der Waals surface area contributed by atoms with Crippen LogP contribution in [0, 0.1) is 0 Å². The van der Waals surface area contributed by atoms with Crippen LogP contribution in [0.25, 0.3) is 60.5 Å². The maximum absolute atomic E-state index is 5.00. The number of fused-ring (bicyclic) bond motifs is 3. The molecule has 5 aromatic carbocycles. The van der Waals surface area contributed by atoms with E-state index in [-0.39, 0.29) is 0 Å². The van der Waals surface area contributed by atoms with Gasteiger partial charge in [-0.1, -0.05) is 91.9 Å². The largest absolute Gasteiger partial charge is 0.295 e. The number of imidazole rings is 1. The maximum Gasteiger partial charge on any atom is 0.114 e. The molecule has 0 fully saturated rings. The molecule has 0 aliphatic heterocycles. The molecule has 0 radical (unpaired) electrons. The summed E-state index contributed by atoms with van der Waals surface area (Å²) in [5, 5.41) is 4.92. The molecule has 0 spiro atoms. The van der Waals surface area contributed by atoms with E-state index in [1.807, 2.05) is 18.5 Å². The topological polar surface area (TPSA) is 30.7 Å². The molecule has 2 heterocycles. The third-order valence-corrected chi connectivity index (χ3v) is 7.22. The van der Waals surface area contributed by atoms with Crippen molar-refractivity contribution in [1.82, 2.24) is 14.5 Å². The molecule has 0 unspecified atom stereocenters. The molecule has 0 amide bonds. The molecule has 176 valence electrons. The van der Waals surface area contributed by atoms with Gasteiger partial charge in [0.15, 0.2) is 0 Å². The molecule has 7 aromatic rings. The summed E-state index contributed by atoms with van der Waals surface area (Å²) in [6.07, 6.45) is 4.60. The van der Waals surface area contributed by atoms with Crippen molar-refractivity contribution in [3.8, 4) is 27.9 Å². The van der Waals surface area contributed by atoms with Gasteiger partial charge in [-0.15, -0.1) is 0 Å². The van der Waals surface area contributed by atoms with E-state index in [1.54, 1.807) is 0 Å². The van der Waals surface area contributed by atoms with Gasteiger partial charge in [-0.25, -0.2) is 4.98 Å². The summed E-state index contributed by atoms with van der Waals surface area (Å²) in [7, 11) is 0. The Labute approximate surface area is 215 Å². The number of aryl methyl sites for hydroxylation is 1. The van der Waals surface area contributed by atoms with Crippen molar-refractivity contribution in [2.45, 2.75) is 13.3 Å². The summed E-state index contributed by atoms with van der Waals surface area (Å²) in [5.74, 6) is 1.07. The number of hydrogen-bond donors (Lipinski definition) is 0. The lowest BCUT2D eigenvalue weighted by Gasteiger charge is -2.20. The third kappa shape index (κ3) is 3.43. The van der Waals surface area contributed by atoms with Crippen LogP contribution >= 0.6 is 0 Å². The molecule has 0 saturated heterocycles. The molecular weight excluding hydrogens is 450 g/mol. The van der Waals surface area contributed by atoms with Crippen LogP contribution < -0.4 is 0 Å². The van der Waals surface area contributed by atoms with Crippen LogP contribution in [-0.2, 0) is 6.42 Å². The first-order valence-corrected chi connectivity index (χ1v) is 12.7. The number of pyridine rings is 1. The Morgan fingerprint density at radius 1 is 0.622 bits per heavy atom. The van der Waals surface area contributed by atoms with Crippen LogP contribution in [0.3, 0.4) is 0 Å². The predicted octanol–water partition coefficient (Wildman–Crippen LogP) is 8.62. The SMILES string of the molecule is CCc1nc2ccccc2n1-c1c2ccccc2c(-c2cccc(-c3cccnc3)c2)c2ccccc12. The Bertz CT molecular complexity index is 1860. The smallest absolute Gasteiger partial charge is 0.114 e. The Morgan fingerprint density at radius 3 is 1.97 bits per heavy atom. The van der Waals surface area contributed by atoms with Gasteiger partial charge in [0.2, 0.25) is 0 Å². The summed E-state index contributed by atoms with van der Waals surface area (Å²) in [6.45, 7) is 2.18. The molecule has 0 aliphatic carbocycles. The van der Waals surface area contributed by atoms with Gasteiger partial charge >= 0.3 is 0 Å². The van der Waals surface area contributed by atoms with Crippen molar-refractivity contribution in [2.24, 2.45) is 0 Å². The molecular formula is C34H25N3. The van der Waals surface area contributed by atoms with E-state index in [0.717, 1.165) is 34.4 Å². The highest BCUT2D eigenvalue weighted by Crippen LogP contribution is 2.42. The first-order valence-electron chi connectivity index (χ1n) is 12.7. The monoisotopic (exact) mass is 475 g/mol. The average Bonchev–Trinajstić information content (AvgIpc) is 3.34.